The molecule has 8 aromatic carbocycles. The average molecular weight is 1210 g/mol. The summed E-state index contributed by atoms with van der Waals surface area (Å²) >= 11 is -0.234. The van der Waals surface area contributed by atoms with Crippen LogP contribution in [-0.4, -0.2) is 27.8 Å². The summed E-state index contributed by atoms with van der Waals surface area (Å²) in [6.07, 6.45) is 6.85. The predicted molar refractivity (Wildman–Crippen MR) is 307 cm³/mol. The van der Waals surface area contributed by atoms with Crippen LogP contribution in [0.5, 0.6) is 0 Å². The van der Waals surface area contributed by atoms with Crippen molar-refractivity contribution in [3.63, 3.8) is 0 Å². The van der Waals surface area contributed by atoms with Crippen LogP contribution in [0.1, 0.15) is 77.0 Å². The van der Waals surface area contributed by atoms with Crippen LogP contribution in [0, 0.1) is 17.9 Å². The number of hydrogen-bond acceptors (Lipinski definition) is 3. The van der Waals surface area contributed by atoms with Crippen molar-refractivity contribution < 1.29 is 25.9 Å². The van der Waals surface area contributed by atoms with E-state index in [0.29, 0.717) is 5.56 Å². The van der Waals surface area contributed by atoms with E-state index in [2.05, 4.69) is 169 Å². The molecule has 0 fully saturated rings. The third-order valence-electron chi connectivity index (χ3n) is 14.4. The number of imidazole rings is 1. The number of aromatic nitrogens is 3. The average Bonchev–Trinajstić information content (AvgIpc) is 3.99. The molecule has 0 spiro atoms. The van der Waals surface area contributed by atoms with Gasteiger partial charge in [0.15, 0.2) is 0 Å². The van der Waals surface area contributed by atoms with Crippen molar-refractivity contribution in [1.29, 1.82) is 0 Å². The van der Waals surface area contributed by atoms with E-state index in [1.807, 2.05) is 67.8 Å². The van der Waals surface area contributed by atoms with Crippen molar-refractivity contribution in [3.05, 3.63) is 204 Å². The predicted octanol–water partition coefficient (Wildman–Crippen LogP) is 17.9. The van der Waals surface area contributed by atoms with E-state index in [1.165, 1.54) is 89.3 Å². The molecule has 1 aliphatic rings. The number of nitrogens with zero attached hydrogens (tertiary/aromatic N) is 3. The number of aryl methyl sites for hydroxylation is 2. The summed E-state index contributed by atoms with van der Waals surface area (Å²) < 4.78 is 29.3. The molecule has 367 valence electrons. The molecule has 3 nitrogen and oxygen atoms in total. The topological polar surface area (TPSA) is 30.7 Å². The Morgan fingerprint density at radius 3 is 2.15 bits per heavy atom. The van der Waals surface area contributed by atoms with E-state index >= 15 is 0 Å². The minimum atomic E-state index is -2.17. The molecule has 12 rings (SSSR count). The molecule has 0 saturated carbocycles. The molecule has 0 saturated heterocycles. The summed E-state index contributed by atoms with van der Waals surface area (Å²) in [5.41, 5.74) is 15.0. The zero-order valence-electron chi connectivity index (χ0n) is 43.9. The minimum Gasteiger partial charge on any atom is 0 e. The SMILES string of the molecule is CC(C)(C)c1ccc(-n2c(-c3[c-]ccc4c3sc3c5c(ccc34)CCCC5)nc3c4ccccc4ccc32)c(-c2ccccc2)c1.[2H]C(C)(C)c1cc(-c2[c-]cc(F)c(-c3ccccc3)c2)nc[c]1[Ge]([CH3])([CH3])[CH3].[Ir]. The van der Waals surface area contributed by atoms with Gasteiger partial charge >= 0.3 is 160 Å². The maximum absolute atomic E-state index is 14.4. The zero-order valence-corrected chi connectivity index (χ0v) is 48.2. The van der Waals surface area contributed by atoms with Gasteiger partial charge in [0.05, 0.1) is 16.9 Å². The Morgan fingerprint density at radius 2 is 1.42 bits per heavy atom. The molecule has 7 heteroatoms. The van der Waals surface area contributed by atoms with Gasteiger partial charge in [-0.15, -0.1) is 18.2 Å². The summed E-state index contributed by atoms with van der Waals surface area (Å²) in [4.78, 5) is 10.2. The largest absolute Gasteiger partial charge is 0 e. The second kappa shape index (κ2) is 20.4. The standard InChI is InChI=1S/C43H35N2S.C23H25FGeN.Ir/c1-43(2,3)30-22-25-37(36(26-30)27-12-5-4-6-13-27)45-38-24-21-28-14-7-9-16-31(28)39(38)44-42(45)35-19-11-18-33-34-23-20-29-15-8-10-17-32(29)40(34)46-41(33)35;1-16(2)19-14-23(26-15-22(19)25(3,4)5)18-11-12-21(24)20(13-18)17-9-7-6-8-10-17;/h4-7,9,11-14,16,18,20-26H,8,10,15,17H2,1-3H3;6-10,12-16H,1-5H3;/q2*-1;/i;16D;. The van der Waals surface area contributed by atoms with Crippen LogP contribution in [0.15, 0.2) is 164 Å². The van der Waals surface area contributed by atoms with Gasteiger partial charge in [0.1, 0.15) is 0 Å². The molecule has 1 radical (unpaired) electrons. The van der Waals surface area contributed by atoms with E-state index < -0.39 is 19.2 Å². The first-order valence-electron chi connectivity index (χ1n) is 25.8. The Bertz CT molecular complexity index is 3880. The van der Waals surface area contributed by atoms with Crippen molar-refractivity contribution in [2.75, 3.05) is 0 Å². The molecule has 0 N–H and O–H groups in total. The first-order chi connectivity index (χ1) is 35.0. The molecule has 0 amide bonds. The first-order valence-corrected chi connectivity index (χ1v) is 33.5. The molecular weight excluding hydrogens is 1150 g/mol. The number of benzene rings is 8. The Kier molecular flexibility index (Phi) is 13.7. The molecule has 0 atom stereocenters. The Labute approximate surface area is 451 Å². The number of rotatable bonds is 7. The van der Waals surface area contributed by atoms with Crippen LogP contribution in [0.25, 0.3) is 92.6 Å². The fourth-order valence-electron chi connectivity index (χ4n) is 10.5. The second-order valence-electron chi connectivity index (χ2n) is 21.6. The van der Waals surface area contributed by atoms with E-state index in [4.69, 9.17) is 6.35 Å². The Morgan fingerprint density at radius 1 is 0.726 bits per heavy atom. The van der Waals surface area contributed by atoms with Gasteiger partial charge in [-0.2, -0.15) is 11.3 Å². The molecular formula is C66H60FGeIrN3S-2. The van der Waals surface area contributed by atoms with E-state index in [-0.39, 0.29) is 31.3 Å². The van der Waals surface area contributed by atoms with Gasteiger partial charge in [0, 0.05) is 41.4 Å². The summed E-state index contributed by atoms with van der Waals surface area (Å²) in [6.45, 7) is 10.7. The summed E-state index contributed by atoms with van der Waals surface area (Å²) in [7, 11) is 0. The number of hydrogen-bond donors (Lipinski definition) is 0. The fraction of sp³-hybridized carbons (Fsp3) is 0.212. The summed E-state index contributed by atoms with van der Waals surface area (Å²) in [5.74, 6) is 6.86. The van der Waals surface area contributed by atoms with Crippen LogP contribution >= 0.6 is 11.3 Å². The fourth-order valence-corrected chi connectivity index (χ4v) is 15.2. The molecule has 3 aromatic heterocycles. The van der Waals surface area contributed by atoms with Gasteiger partial charge < -0.3 is 4.57 Å². The second-order valence-corrected chi connectivity index (χ2v) is 33.2. The van der Waals surface area contributed by atoms with Crippen LogP contribution in [0.4, 0.5) is 4.39 Å². The molecule has 0 bridgehead atoms. The maximum atomic E-state index is 14.4. The Hall–Kier alpha value is -6.02. The summed E-state index contributed by atoms with van der Waals surface area (Å²) in [5, 5.41) is 5.04. The molecule has 0 unspecified atom stereocenters. The normalized spacial score (nSPS) is 13.1. The summed E-state index contributed by atoms with van der Waals surface area (Å²) in [6, 6.07) is 61.4. The molecule has 1 aliphatic carbocycles. The molecule has 73 heavy (non-hydrogen) atoms. The van der Waals surface area contributed by atoms with Crippen molar-refractivity contribution in [3.8, 4) is 50.6 Å². The van der Waals surface area contributed by atoms with Crippen molar-refractivity contribution in [1.82, 2.24) is 14.5 Å². The molecule has 11 aromatic rings. The quantitative estimate of drug-likeness (QED) is 0.118. The van der Waals surface area contributed by atoms with Gasteiger partial charge in [-0.1, -0.05) is 111 Å². The van der Waals surface area contributed by atoms with E-state index in [1.54, 1.807) is 11.6 Å². The number of thiophene rings is 1. The van der Waals surface area contributed by atoms with Crippen molar-refractivity contribution in [2.24, 2.45) is 0 Å². The van der Waals surface area contributed by atoms with Crippen LogP contribution in [0.3, 0.4) is 0 Å². The molecule has 3 heterocycles. The third-order valence-corrected chi connectivity index (χ3v) is 19.9. The smallest absolute Gasteiger partial charge is 0 e. The first kappa shape index (κ1) is 49.2. The van der Waals surface area contributed by atoms with Gasteiger partial charge in [-0.3, -0.25) is 4.98 Å². The van der Waals surface area contributed by atoms with Crippen molar-refractivity contribution >= 4 is 71.0 Å². The maximum Gasteiger partial charge on any atom is 0 e. The van der Waals surface area contributed by atoms with E-state index in [9.17, 15) is 4.39 Å². The number of pyridine rings is 1. The molecule has 0 aliphatic heterocycles. The van der Waals surface area contributed by atoms with Gasteiger partial charge in [0.2, 0.25) is 0 Å². The third kappa shape index (κ3) is 9.69. The van der Waals surface area contributed by atoms with Crippen LogP contribution < -0.4 is 4.40 Å². The minimum absolute atomic E-state index is 0. The van der Waals surface area contributed by atoms with Gasteiger partial charge in [0.25, 0.3) is 0 Å². The number of halogens is 1. The monoisotopic (exact) mass is 1210 g/mol. The zero-order chi connectivity index (χ0) is 50.8. The van der Waals surface area contributed by atoms with Crippen molar-refractivity contribution in [2.45, 2.75) is 88.9 Å². The van der Waals surface area contributed by atoms with Crippen LogP contribution in [-0.2, 0) is 38.4 Å². The number of fused-ring (bicyclic) bond motifs is 8. The van der Waals surface area contributed by atoms with Gasteiger partial charge in [-0.25, -0.2) is 0 Å². The van der Waals surface area contributed by atoms with Crippen LogP contribution in [0.2, 0.25) is 17.3 Å². The van der Waals surface area contributed by atoms with Gasteiger partial charge in [-0.05, 0) is 87.0 Å². The Balaban J connectivity index is 0.000000192. The van der Waals surface area contributed by atoms with E-state index in [0.717, 1.165) is 50.5 Å².